The van der Waals surface area contributed by atoms with Gasteiger partial charge in [0.05, 0.1) is 24.7 Å². The number of likely N-dealkylation sites (tertiary alicyclic amines) is 1. The van der Waals surface area contributed by atoms with Gasteiger partial charge < -0.3 is 18.8 Å². The zero-order chi connectivity index (χ0) is 30.2. The number of halogens is 4. The van der Waals surface area contributed by atoms with Crippen molar-refractivity contribution in [1.82, 2.24) is 14.5 Å². The van der Waals surface area contributed by atoms with Gasteiger partial charge in [0.25, 0.3) is 0 Å². The van der Waals surface area contributed by atoms with E-state index in [0.717, 1.165) is 49.2 Å². The van der Waals surface area contributed by atoms with Gasteiger partial charge in [-0.3, -0.25) is 4.90 Å². The molecule has 6 rings (SSSR count). The largest absolute Gasteiger partial charge is 0.485 e. The molecule has 43 heavy (non-hydrogen) atoms. The molecule has 3 aromatic carbocycles. The molecule has 0 aliphatic carbocycles. The molecule has 0 bridgehead atoms. The second-order valence-electron chi connectivity index (χ2n) is 11.0. The third kappa shape index (κ3) is 5.90. The van der Waals surface area contributed by atoms with E-state index in [-0.39, 0.29) is 34.7 Å². The average molecular weight is 614 g/mol. The molecule has 0 unspecified atom stereocenters. The summed E-state index contributed by atoms with van der Waals surface area (Å²) in [5, 5.41) is 0.358. The van der Waals surface area contributed by atoms with Crippen LogP contribution in [0.2, 0.25) is 5.02 Å². The summed E-state index contributed by atoms with van der Waals surface area (Å²) >= 11 is 5.96. The average Bonchev–Trinajstić information content (AvgIpc) is 3.31. The highest BCUT2D eigenvalue weighted by atomic mass is 35.5. The number of para-hydroxylation sites is 1. The van der Waals surface area contributed by atoms with Crippen LogP contribution in [0.1, 0.15) is 64.2 Å². The Morgan fingerprint density at radius 2 is 1.91 bits per heavy atom. The van der Waals surface area contributed by atoms with Crippen LogP contribution in [0, 0.1) is 5.82 Å². The van der Waals surface area contributed by atoms with Gasteiger partial charge in [0, 0.05) is 17.6 Å². The minimum atomic E-state index is -3.06. The van der Waals surface area contributed by atoms with E-state index in [2.05, 4.69) is 28.1 Å². The summed E-state index contributed by atoms with van der Waals surface area (Å²) in [7, 11) is 3.02. The highest BCUT2D eigenvalue weighted by Gasteiger charge is 2.30. The van der Waals surface area contributed by atoms with E-state index in [1.165, 1.54) is 19.2 Å². The normalized spacial score (nSPS) is 17.6. The third-order valence-corrected chi connectivity index (χ3v) is 8.68. The highest BCUT2D eigenvalue weighted by molar-refractivity contribution is 6.30. The molecule has 226 valence electrons. The number of esters is 1. The van der Waals surface area contributed by atoms with Gasteiger partial charge in [-0.05, 0) is 80.1 Å². The van der Waals surface area contributed by atoms with E-state index < -0.39 is 12.6 Å². The molecule has 1 atom stereocenters. The van der Waals surface area contributed by atoms with Crippen molar-refractivity contribution in [2.24, 2.45) is 7.05 Å². The Balaban J connectivity index is 1.18. The molecule has 1 saturated heterocycles. The van der Waals surface area contributed by atoms with Crippen molar-refractivity contribution in [3.8, 4) is 11.5 Å². The molecule has 2 aliphatic rings. The SMILES string of the molecule is COC(=O)c1cc(OC(F)F)c2nc(CN3CCC(c4cccc5c4O[C@H](c4ccc(Cl)cc4F)CC5)CC3)n(C)c2c1. The van der Waals surface area contributed by atoms with E-state index in [0.29, 0.717) is 34.9 Å². The van der Waals surface area contributed by atoms with Crippen molar-refractivity contribution < 1.29 is 32.2 Å². The van der Waals surface area contributed by atoms with Crippen molar-refractivity contribution >= 4 is 28.6 Å². The van der Waals surface area contributed by atoms with Gasteiger partial charge in [-0.2, -0.15) is 8.78 Å². The molecule has 3 heterocycles. The first-order valence-corrected chi connectivity index (χ1v) is 14.6. The Labute approximate surface area is 252 Å². The third-order valence-electron chi connectivity index (χ3n) is 8.45. The number of hydrogen-bond donors (Lipinski definition) is 0. The van der Waals surface area contributed by atoms with Crippen LogP contribution in [0.15, 0.2) is 48.5 Å². The molecule has 1 fully saturated rings. The number of aromatic nitrogens is 2. The maximum Gasteiger partial charge on any atom is 0.387 e. The number of benzene rings is 3. The number of imidazole rings is 1. The van der Waals surface area contributed by atoms with E-state index >= 15 is 0 Å². The number of alkyl halides is 2. The van der Waals surface area contributed by atoms with Crippen molar-refractivity contribution in [1.29, 1.82) is 0 Å². The number of rotatable bonds is 7. The van der Waals surface area contributed by atoms with Gasteiger partial charge in [0.1, 0.15) is 29.0 Å². The standard InChI is InChI=1S/C32H31ClF3N3O4/c1-38-25-14-20(31(40)41-2)15-27(43-32(35)36)29(25)37-28(38)17-39-12-10-18(11-13-39)22-5-3-4-19-6-9-26(42-30(19)22)23-8-7-21(33)16-24(23)34/h3-5,7-8,14-16,18,26,32H,6,9-13,17H2,1-2H3/t26-/m0/s1. The maximum atomic E-state index is 14.7. The number of piperidine rings is 1. The molecule has 0 saturated carbocycles. The number of methoxy groups -OCH3 is 1. The first-order chi connectivity index (χ1) is 20.7. The van der Waals surface area contributed by atoms with Crippen LogP contribution in [0.3, 0.4) is 0 Å². The first-order valence-electron chi connectivity index (χ1n) is 14.2. The molecule has 2 aliphatic heterocycles. The number of hydrogen-bond acceptors (Lipinski definition) is 6. The molecule has 11 heteroatoms. The zero-order valence-electron chi connectivity index (χ0n) is 23.8. The predicted molar refractivity (Wildman–Crippen MR) is 155 cm³/mol. The van der Waals surface area contributed by atoms with E-state index in [4.69, 9.17) is 25.8 Å². The molecule has 1 aromatic heterocycles. The molecular formula is C32H31ClF3N3O4. The Bertz CT molecular complexity index is 1670. The topological polar surface area (TPSA) is 65.8 Å². The summed E-state index contributed by atoms with van der Waals surface area (Å²) in [6, 6.07) is 13.8. The lowest BCUT2D eigenvalue weighted by atomic mass is 9.85. The monoisotopic (exact) mass is 613 g/mol. The summed E-state index contributed by atoms with van der Waals surface area (Å²) in [5.41, 5.74) is 3.67. The van der Waals surface area contributed by atoms with Crippen molar-refractivity contribution in [3.05, 3.63) is 87.4 Å². The summed E-state index contributed by atoms with van der Waals surface area (Å²) in [4.78, 5) is 19.0. The highest BCUT2D eigenvalue weighted by Crippen LogP contribution is 2.43. The number of aryl methyl sites for hydroxylation is 2. The van der Waals surface area contributed by atoms with Gasteiger partial charge in [-0.1, -0.05) is 35.9 Å². The lowest BCUT2D eigenvalue weighted by Crippen LogP contribution is -2.33. The van der Waals surface area contributed by atoms with Crippen molar-refractivity contribution in [2.75, 3.05) is 20.2 Å². The molecule has 0 N–H and O–H groups in total. The van der Waals surface area contributed by atoms with Gasteiger partial charge in [0.15, 0.2) is 5.75 Å². The Morgan fingerprint density at radius 1 is 1.12 bits per heavy atom. The lowest BCUT2D eigenvalue weighted by Gasteiger charge is -2.35. The van der Waals surface area contributed by atoms with E-state index in [1.807, 2.05) is 0 Å². The predicted octanol–water partition coefficient (Wildman–Crippen LogP) is 7.20. The number of nitrogens with zero attached hydrogens (tertiary/aromatic N) is 3. The Morgan fingerprint density at radius 3 is 2.63 bits per heavy atom. The van der Waals surface area contributed by atoms with Crippen LogP contribution in [-0.2, 0) is 24.8 Å². The van der Waals surface area contributed by atoms with Crippen LogP contribution in [-0.4, -0.2) is 47.2 Å². The number of carbonyl (C=O) groups is 1. The quantitative estimate of drug-likeness (QED) is 0.205. The van der Waals surface area contributed by atoms with Crippen molar-refractivity contribution in [2.45, 2.75) is 50.9 Å². The van der Waals surface area contributed by atoms with Gasteiger partial charge >= 0.3 is 12.6 Å². The van der Waals surface area contributed by atoms with Crippen LogP contribution in [0.25, 0.3) is 11.0 Å². The van der Waals surface area contributed by atoms with Gasteiger partial charge in [0.2, 0.25) is 0 Å². The van der Waals surface area contributed by atoms with E-state index in [9.17, 15) is 18.0 Å². The molecular weight excluding hydrogens is 583 g/mol. The van der Waals surface area contributed by atoms with Crippen LogP contribution < -0.4 is 9.47 Å². The minimum absolute atomic E-state index is 0.107. The van der Waals surface area contributed by atoms with Gasteiger partial charge in [-0.15, -0.1) is 0 Å². The fourth-order valence-corrected chi connectivity index (χ4v) is 6.36. The molecule has 0 amide bonds. The molecule has 0 spiro atoms. The number of carbonyl (C=O) groups excluding carboxylic acids is 1. The maximum absolute atomic E-state index is 14.7. The second-order valence-corrected chi connectivity index (χ2v) is 11.4. The summed E-state index contributed by atoms with van der Waals surface area (Å²) in [6.07, 6.45) is 2.89. The fourth-order valence-electron chi connectivity index (χ4n) is 6.21. The zero-order valence-corrected chi connectivity index (χ0v) is 24.5. The summed E-state index contributed by atoms with van der Waals surface area (Å²) < 4.78 is 58.7. The summed E-state index contributed by atoms with van der Waals surface area (Å²) in [5.74, 6) is 0.622. The first kappa shape index (κ1) is 29.3. The second kappa shape index (κ2) is 12.1. The number of ether oxygens (including phenoxy) is 3. The summed E-state index contributed by atoms with van der Waals surface area (Å²) in [6.45, 7) is -0.976. The van der Waals surface area contributed by atoms with Gasteiger partial charge in [-0.25, -0.2) is 14.2 Å². The fraction of sp³-hybridized carbons (Fsp3) is 0.375. The molecule has 4 aromatic rings. The Hall–Kier alpha value is -3.76. The van der Waals surface area contributed by atoms with Crippen LogP contribution >= 0.6 is 11.6 Å². The smallest absolute Gasteiger partial charge is 0.387 e. The van der Waals surface area contributed by atoms with Crippen LogP contribution in [0.4, 0.5) is 13.2 Å². The Kier molecular flexibility index (Phi) is 8.24. The van der Waals surface area contributed by atoms with E-state index in [1.54, 1.807) is 29.8 Å². The number of fused-ring (bicyclic) bond motifs is 2. The molecule has 7 nitrogen and oxygen atoms in total. The van der Waals surface area contributed by atoms with Crippen molar-refractivity contribution in [3.63, 3.8) is 0 Å². The minimum Gasteiger partial charge on any atom is -0.485 e. The molecule has 0 radical (unpaired) electrons. The lowest BCUT2D eigenvalue weighted by molar-refractivity contribution is -0.0489. The van der Waals surface area contributed by atoms with Crippen LogP contribution in [0.5, 0.6) is 11.5 Å².